The quantitative estimate of drug-likeness (QED) is 0.132. The van der Waals surface area contributed by atoms with Crippen molar-refractivity contribution in [2.24, 2.45) is 4.99 Å². The highest BCUT2D eigenvalue weighted by molar-refractivity contribution is 6.22. The zero-order valence-corrected chi connectivity index (χ0v) is 22.9. The van der Waals surface area contributed by atoms with Crippen molar-refractivity contribution in [2.75, 3.05) is 18.5 Å². The van der Waals surface area contributed by atoms with Crippen molar-refractivity contribution < 1.29 is 9.90 Å². The van der Waals surface area contributed by atoms with E-state index in [1.165, 1.54) is 12.0 Å². The Hall–Kier alpha value is -4.68. The SMILES string of the molecule is CCCCNCc1ccc(N=C(c2ccccc2)c2c(O)[nH]c3ccc(C(=O)N(C)c4ccccc4)cc23)cc1. The van der Waals surface area contributed by atoms with Gasteiger partial charge in [0.25, 0.3) is 5.91 Å². The molecule has 0 unspecified atom stereocenters. The van der Waals surface area contributed by atoms with Crippen LogP contribution in [0.15, 0.2) is 108 Å². The van der Waals surface area contributed by atoms with Gasteiger partial charge in [-0.05, 0) is 61.0 Å². The Bertz CT molecular complexity index is 1610. The number of nitrogens with one attached hydrogen (secondary N) is 2. The van der Waals surface area contributed by atoms with E-state index in [4.69, 9.17) is 4.99 Å². The van der Waals surface area contributed by atoms with Gasteiger partial charge in [0.1, 0.15) is 0 Å². The van der Waals surface area contributed by atoms with E-state index in [-0.39, 0.29) is 11.8 Å². The molecule has 0 atom stereocenters. The summed E-state index contributed by atoms with van der Waals surface area (Å²) >= 11 is 0. The standard InChI is InChI=1S/C34H34N4O2/c1-3-4-21-35-23-24-15-18-27(19-16-24)36-32(25-11-7-5-8-12-25)31-29-22-26(17-20-30(29)37-33(31)39)34(40)38(2)28-13-9-6-10-14-28/h5-20,22,35,37,39H,3-4,21,23H2,1-2H3. The van der Waals surface area contributed by atoms with Crippen LogP contribution >= 0.6 is 0 Å². The topological polar surface area (TPSA) is 80.7 Å². The highest BCUT2D eigenvalue weighted by Crippen LogP contribution is 2.32. The molecular weight excluding hydrogens is 496 g/mol. The van der Waals surface area contributed by atoms with E-state index in [0.29, 0.717) is 16.8 Å². The van der Waals surface area contributed by atoms with Crippen LogP contribution in [0.1, 0.15) is 46.8 Å². The van der Waals surface area contributed by atoms with Crippen LogP contribution in [-0.4, -0.2) is 35.3 Å². The number of aromatic hydroxyl groups is 1. The summed E-state index contributed by atoms with van der Waals surface area (Å²) in [6, 6.07) is 32.9. The number of amides is 1. The zero-order valence-electron chi connectivity index (χ0n) is 22.9. The van der Waals surface area contributed by atoms with Crippen molar-refractivity contribution in [1.29, 1.82) is 0 Å². The van der Waals surface area contributed by atoms with Crippen LogP contribution in [0.2, 0.25) is 0 Å². The average Bonchev–Trinajstić information content (AvgIpc) is 3.33. The van der Waals surface area contributed by atoms with Gasteiger partial charge >= 0.3 is 0 Å². The number of nitrogens with zero attached hydrogens (tertiary/aromatic N) is 2. The van der Waals surface area contributed by atoms with Crippen molar-refractivity contribution in [3.05, 3.63) is 125 Å². The van der Waals surface area contributed by atoms with Gasteiger partial charge in [-0.3, -0.25) is 4.79 Å². The first-order valence-electron chi connectivity index (χ1n) is 13.7. The van der Waals surface area contributed by atoms with Gasteiger partial charge in [0.2, 0.25) is 0 Å². The van der Waals surface area contributed by atoms with Crippen molar-refractivity contribution in [2.45, 2.75) is 26.3 Å². The van der Waals surface area contributed by atoms with E-state index >= 15 is 0 Å². The number of H-pyrrole nitrogens is 1. The number of aliphatic imine (C=N–C) groups is 1. The third-order valence-corrected chi connectivity index (χ3v) is 6.97. The maximum atomic E-state index is 13.4. The molecule has 5 rings (SSSR count). The molecule has 0 saturated carbocycles. The molecule has 1 aromatic heterocycles. The number of hydrogen-bond acceptors (Lipinski definition) is 4. The lowest BCUT2D eigenvalue weighted by atomic mass is 9.99. The molecule has 0 aliphatic rings. The van der Waals surface area contributed by atoms with Crippen LogP contribution in [0.4, 0.5) is 11.4 Å². The van der Waals surface area contributed by atoms with Gasteiger partial charge in [0.05, 0.1) is 17.0 Å². The van der Waals surface area contributed by atoms with Gasteiger partial charge in [-0.1, -0.05) is 74.0 Å². The molecule has 40 heavy (non-hydrogen) atoms. The fourth-order valence-corrected chi connectivity index (χ4v) is 4.73. The van der Waals surface area contributed by atoms with E-state index < -0.39 is 0 Å². The second-order valence-corrected chi connectivity index (χ2v) is 9.83. The van der Waals surface area contributed by atoms with E-state index in [0.717, 1.165) is 47.4 Å². The number of hydrogen-bond donors (Lipinski definition) is 3. The molecule has 0 aliphatic heterocycles. The Morgan fingerprint density at radius 2 is 1.60 bits per heavy atom. The molecule has 0 bridgehead atoms. The molecule has 202 valence electrons. The lowest BCUT2D eigenvalue weighted by molar-refractivity contribution is 0.0993. The minimum atomic E-state index is -0.138. The molecule has 0 spiro atoms. The number of unbranched alkanes of at least 4 members (excludes halogenated alkanes) is 1. The van der Waals surface area contributed by atoms with Crippen molar-refractivity contribution >= 4 is 33.9 Å². The number of para-hydroxylation sites is 1. The van der Waals surface area contributed by atoms with Crippen LogP contribution in [0, 0.1) is 0 Å². The zero-order chi connectivity index (χ0) is 27.9. The molecular formula is C34H34N4O2. The molecule has 1 amide bonds. The van der Waals surface area contributed by atoms with Gasteiger partial charge in [0, 0.05) is 41.3 Å². The lowest BCUT2D eigenvalue weighted by Crippen LogP contribution is -2.26. The first-order chi connectivity index (χ1) is 19.5. The smallest absolute Gasteiger partial charge is 0.258 e. The summed E-state index contributed by atoms with van der Waals surface area (Å²) in [6.45, 7) is 4.00. The van der Waals surface area contributed by atoms with Crippen molar-refractivity contribution in [3.63, 3.8) is 0 Å². The number of aromatic amines is 1. The minimum Gasteiger partial charge on any atom is -0.494 e. The first kappa shape index (κ1) is 26.9. The van der Waals surface area contributed by atoms with Gasteiger partial charge in [-0.2, -0.15) is 0 Å². The molecule has 6 nitrogen and oxygen atoms in total. The van der Waals surface area contributed by atoms with E-state index in [2.05, 4.69) is 29.4 Å². The Kier molecular flexibility index (Phi) is 8.38. The van der Waals surface area contributed by atoms with Gasteiger partial charge < -0.3 is 20.3 Å². The Labute approximate surface area is 235 Å². The Morgan fingerprint density at radius 3 is 2.30 bits per heavy atom. The Morgan fingerprint density at radius 1 is 0.900 bits per heavy atom. The van der Waals surface area contributed by atoms with Crippen LogP contribution in [0.25, 0.3) is 10.9 Å². The van der Waals surface area contributed by atoms with Gasteiger partial charge in [0.15, 0.2) is 5.88 Å². The largest absolute Gasteiger partial charge is 0.494 e. The summed E-state index contributed by atoms with van der Waals surface area (Å²) in [4.78, 5) is 23.1. The summed E-state index contributed by atoms with van der Waals surface area (Å²) in [5, 5.41) is 15.3. The summed E-state index contributed by atoms with van der Waals surface area (Å²) in [7, 11) is 1.76. The monoisotopic (exact) mass is 530 g/mol. The van der Waals surface area contributed by atoms with Crippen molar-refractivity contribution in [3.8, 4) is 5.88 Å². The predicted molar refractivity (Wildman–Crippen MR) is 164 cm³/mol. The summed E-state index contributed by atoms with van der Waals surface area (Å²) in [6.07, 6.45) is 2.33. The third kappa shape index (κ3) is 5.98. The molecule has 0 radical (unpaired) electrons. The molecule has 5 aromatic rings. The van der Waals surface area contributed by atoms with Crippen LogP contribution in [-0.2, 0) is 6.54 Å². The number of rotatable bonds is 10. The number of carbonyl (C=O) groups excluding carboxylic acids is 1. The molecule has 0 aliphatic carbocycles. The number of anilines is 1. The molecule has 0 saturated heterocycles. The molecule has 3 N–H and O–H groups in total. The number of carbonyl (C=O) groups is 1. The second-order valence-electron chi connectivity index (χ2n) is 9.83. The van der Waals surface area contributed by atoms with Gasteiger partial charge in [-0.25, -0.2) is 4.99 Å². The fraction of sp³-hybridized carbons (Fsp3) is 0.176. The number of fused-ring (bicyclic) bond motifs is 1. The molecule has 1 heterocycles. The van der Waals surface area contributed by atoms with Crippen LogP contribution < -0.4 is 10.2 Å². The second kappa shape index (κ2) is 12.5. The van der Waals surface area contributed by atoms with Gasteiger partial charge in [-0.15, -0.1) is 0 Å². The summed E-state index contributed by atoms with van der Waals surface area (Å²) in [5.41, 5.74) is 6.07. The molecule has 4 aromatic carbocycles. The molecule has 0 fully saturated rings. The number of benzene rings is 4. The van der Waals surface area contributed by atoms with Crippen molar-refractivity contribution in [1.82, 2.24) is 10.3 Å². The maximum Gasteiger partial charge on any atom is 0.258 e. The van der Waals surface area contributed by atoms with E-state index in [9.17, 15) is 9.90 Å². The van der Waals surface area contributed by atoms with Crippen LogP contribution in [0.3, 0.4) is 0 Å². The van der Waals surface area contributed by atoms with Crippen LogP contribution in [0.5, 0.6) is 5.88 Å². The molecule has 6 heteroatoms. The van der Waals surface area contributed by atoms with E-state index in [1.54, 1.807) is 18.0 Å². The highest BCUT2D eigenvalue weighted by Gasteiger charge is 2.21. The normalized spacial score (nSPS) is 11.6. The summed E-state index contributed by atoms with van der Waals surface area (Å²) in [5.74, 6) is -0.128. The summed E-state index contributed by atoms with van der Waals surface area (Å²) < 4.78 is 0. The number of aromatic nitrogens is 1. The maximum absolute atomic E-state index is 13.4. The third-order valence-electron chi connectivity index (χ3n) is 6.97. The first-order valence-corrected chi connectivity index (χ1v) is 13.7. The Balaban J connectivity index is 1.54. The fourth-order valence-electron chi connectivity index (χ4n) is 4.73. The lowest BCUT2D eigenvalue weighted by Gasteiger charge is -2.17. The average molecular weight is 531 g/mol. The minimum absolute atomic E-state index is 0.00959. The highest BCUT2D eigenvalue weighted by atomic mass is 16.3. The predicted octanol–water partition coefficient (Wildman–Crippen LogP) is 7.21. The van der Waals surface area contributed by atoms with E-state index in [1.807, 2.05) is 84.9 Å².